The highest BCUT2D eigenvalue weighted by Gasteiger charge is 2.40. The van der Waals surface area contributed by atoms with Crippen molar-refractivity contribution in [2.45, 2.75) is 19.1 Å². The number of aliphatic hydroxyl groups excluding tert-OH is 1. The third-order valence-corrected chi connectivity index (χ3v) is 2.67. The van der Waals surface area contributed by atoms with Crippen molar-refractivity contribution < 1.29 is 42.0 Å². The maximum atomic E-state index is 11.6. The van der Waals surface area contributed by atoms with Gasteiger partial charge < -0.3 is 19.9 Å². The van der Waals surface area contributed by atoms with Gasteiger partial charge in [-0.05, 0) is 5.10 Å². The minimum Gasteiger partial charge on any atom is -0.513 e. The molecule has 0 saturated carbocycles. The van der Waals surface area contributed by atoms with Gasteiger partial charge in [-0.25, -0.2) is 4.79 Å². The van der Waals surface area contributed by atoms with Crippen LogP contribution in [0.15, 0.2) is 30.8 Å². The van der Waals surface area contributed by atoms with Crippen molar-refractivity contribution in [3.63, 3.8) is 0 Å². The van der Waals surface area contributed by atoms with E-state index in [4.69, 9.17) is 9.84 Å². The molecule has 0 aromatic carbocycles. The van der Waals surface area contributed by atoms with Gasteiger partial charge >= 0.3 is 12.1 Å². The van der Waals surface area contributed by atoms with Crippen molar-refractivity contribution in [1.29, 1.82) is 0 Å². The predicted octanol–water partition coefficient (Wildman–Crippen LogP) is 0.929. The highest BCUT2D eigenvalue weighted by Crippen LogP contribution is 2.15. The third kappa shape index (κ3) is 10.2. The monoisotopic (exact) mass is 380 g/mol. The lowest BCUT2D eigenvalue weighted by Gasteiger charge is -2.02. The van der Waals surface area contributed by atoms with Crippen LogP contribution in [0.2, 0.25) is 0 Å². The first-order chi connectivity index (χ1) is 12.1. The topological polar surface area (TPSA) is 102 Å². The maximum absolute atomic E-state index is 11.6. The van der Waals surface area contributed by atoms with Crippen molar-refractivity contribution in [3.8, 4) is 0 Å². The average Bonchev–Trinajstić information content (AvgIpc) is 2.59. The Morgan fingerprint density at radius 2 is 2.04 bits per heavy atom. The first kappa shape index (κ1) is 23.3. The molecule has 1 aromatic heterocycles. The van der Waals surface area contributed by atoms with Crippen LogP contribution in [0.25, 0.3) is 0 Å². The van der Waals surface area contributed by atoms with Gasteiger partial charge in [0.2, 0.25) is 0 Å². The molecule has 8 nitrogen and oxygen atoms in total. The number of amides is 1. The van der Waals surface area contributed by atoms with Crippen LogP contribution in [0.4, 0.5) is 13.2 Å². The number of allylic oxidation sites excluding steroid dienone is 1. The summed E-state index contributed by atoms with van der Waals surface area (Å²) in [7, 11) is 2.25. The highest BCUT2D eigenvalue weighted by molar-refractivity contribution is 5.93. The Kier molecular flexibility index (Phi) is 10.6. The molecular weight excluding hydrogens is 359 g/mol. The molecule has 1 amide bonds. The van der Waals surface area contributed by atoms with Gasteiger partial charge in [-0.15, -0.1) is 0 Å². The number of carbonyl (C=O) groups excluding carboxylic acids is 2. The van der Waals surface area contributed by atoms with Crippen LogP contribution in [0.5, 0.6) is 0 Å². The van der Waals surface area contributed by atoms with Crippen LogP contribution in [0.3, 0.4) is 0 Å². The van der Waals surface area contributed by atoms with Crippen molar-refractivity contribution >= 4 is 11.9 Å². The molecule has 1 rings (SSSR count). The molecule has 0 saturated heterocycles. The zero-order chi connectivity index (χ0) is 20.2. The summed E-state index contributed by atoms with van der Waals surface area (Å²) in [4.78, 5) is 21.1. The molecule has 0 aliphatic heterocycles. The van der Waals surface area contributed by atoms with Crippen LogP contribution in [0.1, 0.15) is 16.8 Å². The molecule has 0 unspecified atom stereocenters. The van der Waals surface area contributed by atoms with Crippen molar-refractivity contribution in [2.24, 2.45) is 0 Å². The number of carbonyl (C=O) groups is 2. The molecule has 26 heavy (non-hydrogen) atoms. The molecule has 1 heterocycles. The smallest absolute Gasteiger partial charge is 0.490 e. The van der Waals surface area contributed by atoms with E-state index in [0.29, 0.717) is 38.8 Å². The van der Waals surface area contributed by atoms with Gasteiger partial charge in [0.05, 0.1) is 31.5 Å². The fourth-order valence-electron chi connectivity index (χ4n) is 1.38. The Balaban J connectivity index is 0.000000660. The SMILES string of the molecule is C=C(O)CC[n+]1ccc(C(=O)NCCOC)cn1.COC(=O)C(F)(F)F. The number of hydrogen-bond acceptors (Lipinski definition) is 6. The fraction of sp³-hybridized carbons (Fsp3) is 0.467. The maximum Gasteiger partial charge on any atom is 0.490 e. The van der Waals surface area contributed by atoms with Gasteiger partial charge in [0, 0.05) is 19.7 Å². The second-order valence-corrected chi connectivity index (χ2v) is 4.73. The predicted molar refractivity (Wildman–Crippen MR) is 83.1 cm³/mol. The van der Waals surface area contributed by atoms with Gasteiger partial charge in [-0.3, -0.25) is 4.79 Å². The molecule has 0 spiro atoms. The minimum absolute atomic E-state index is 0.116. The van der Waals surface area contributed by atoms with Gasteiger partial charge in [0.25, 0.3) is 5.91 Å². The molecular formula is C15H21F3N3O5+. The molecule has 0 radical (unpaired) electrons. The molecule has 146 valence electrons. The number of methoxy groups -OCH3 is 2. The fourth-order valence-corrected chi connectivity index (χ4v) is 1.38. The van der Waals surface area contributed by atoms with E-state index in [0.717, 1.165) is 0 Å². The van der Waals surface area contributed by atoms with E-state index in [1.54, 1.807) is 24.1 Å². The van der Waals surface area contributed by atoms with E-state index in [2.05, 4.69) is 21.7 Å². The summed E-state index contributed by atoms with van der Waals surface area (Å²) >= 11 is 0. The Bertz CT molecular complexity index is 591. The second kappa shape index (κ2) is 11.8. The number of aryl methyl sites for hydroxylation is 1. The average molecular weight is 380 g/mol. The lowest BCUT2D eigenvalue weighted by atomic mass is 10.3. The number of alkyl halides is 3. The third-order valence-electron chi connectivity index (χ3n) is 2.67. The Labute approximate surface area is 148 Å². The number of rotatable bonds is 7. The van der Waals surface area contributed by atoms with Gasteiger partial charge in [-0.1, -0.05) is 11.3 Å². The van der Waals surface area contributed by atoms with Crippen LogP contribution in [-0.2, 0) is 20.8 Å². The number of hydrogen-bond donors (Lipinski definition) is 2. The molecule has 2 N–H and O–H groups in total. The van der Waals surface area contributed by atoms with E-state index < -0.39 is 12.1 Å². The largest absolute Gasteiger partial charge is 0.513 e. The summed E-state index contributed by atoms with van der Waals surface area (Å²) in [5.74, 6) is -2.23. The summed E-state index contributed by atoms with van der Waals surface area (Å²) in [5.41, 5.74) is 0.491. The molecule has 0 atom stereocenters. The lowest BCUT2D eigenvalue weighted by Crippen LogP contribution is -2.38. The van der Waals surface area contributed by atoms with Gasteiger partial charge in [0.15, 0.2) is 12.7 Å². The molecule has 0 bridgehead atoms. The van der Waals surface area contributed by atoms with E-state index in [9.17, 15) is 22.8 Å². The van der Waals surface area contributed by atoms with Crippen LogP contribution in [0, 0.1) is 0 Å². The van der Waals surface area contributed by atoms with E-state index in [-0.39, 0.29) is 11.7 Å². The van der Waals surface area contributed by atoms with Crippen molar-refractivity contribution in [3.05, 3.63) is 36.4 Å². The lowest BCUT2D eigenvalue weighted by molar-refractivity contribution is -0.753. The summed E-state index contributed by atoms with van der Waals surface area (Å²) in [6.07, 6.45) is -1.23. The Hall–Kier alpha value is -2.69. The van der Waals surface area contributed by atoms with Crippen molar-refractivity contribution in [2.75, 3.05) is 27.4 Å². The van der Waals surface area contributed by atoms with Gasteiger partial charge in [-0.2, -0.15) is 13.2 Å². The van der Waals surface area contributed by atoms with E-state index in [1.165, 1.54) is 6.20 Å². The second-order valence-electron chi connectivity index (χ2n) is 4.73. The minimum atomic E-state index is -4.85. The Morgan fingerprint density at radius 1 is 1.38 bits per heavy atom. The van der Waals surface area contributed by atoms with Crippen LogP contribution < -0.4 is 10.00 Å². The quantitative estimate of drug-likeness (QED) is 0.316. The van der Waals surface area contributed by atoms with E-state index in [1.807, 2.05) is 0 Å². The summed E-state index contributed by atoms with van der Waals surface area (Å²) in [6, 6.07) is 1.68. The zero-order valence-electron chi connectivity index (χ0n) is 14.4. The highest BCUT2D eigenvalue weighted by atomic mass is 19.4. The number of halogens is 3. The van der Waals surface area contributed by atoms with E-state index >= 15 is 0 Å². The normalized spacial score (nSPS) is 10.3. The summed E-state index contributed by atoms with van der Waals surface area (Å²) in [6.45, 7) is 4.87. The van der Waals surface area contributed by atoms with Gasteiger partial charge in [0.1, 0.15) is 6.20 Å². The number of esters is 1. The molecule has 11 heteroatoms. The number of nitrogens with one attached hydrogen (secondary N) is 1. The zero-order valence-corrected chi connectivity index (χ0v) is 14.4. The number of ether oxygens (including phenoxy) is 2. The standard InChI is InChI=1S/C12H17N3O3.C3H3F3O2/c1-10(16)3-6-15-7-4-11(9-14-15)12(17)13-5-8-18-2;1-8-2(7)3(4,5)6/h4,7,9H,1,3,5-6,8H2,2H3,(H-,13,16,17);1H3/p+1. The first-order valence-corrected chi connectivity index (χ1v) is 7.26. The van der Waals surface area contributed by atoms with Crippen LogP contribution >= 0.6 is 0 Å². The summed E-state index contributed by atoms with van der Waals surface area (Å²) in [5, 5.41) is 15.7. The van der Waals surface area contributed by atoms with Crippen LogP contribution in [-0.4, -0.2) is 55.6 Å². The summed E-state index contributed by atoms with van der Waals surface area (Å²) < 4.78 is 42.7. The molecule has 0 aliphatic rings. The Morgan fingerprint density at radius 3 is 2.42 bits per heavy atom. The first-order valence-electron chi connectivity index (χ1n) is 7.26. The number of nitrogens with zero attached hydrogens (tertiary/aromatic N) is 2. The number of aliphatic hydroxyl groups is 1. The van der Waals surface area contributed by atoms with Crippen molar-refractivity contribution in [1.82, 2.24) is 10.4 Å². The molecule has 0 aliphatic carbocycles. The number of aromatic nitrogens is 2. The molecule has 1 aromatic rings. The molecule has 0 fully saturated rings.